The van der Waals surface area contributed by atoms with Crippen molar-refractivity contribution in [3.63, 3.8) is 0 Å². The first-order chi connectivity index (χ1) is 7.00. The molecule has 1 rings (SSSR count). The van der Waals surface area contributed by atoms with Gasteiger partial charge in [0.05, 0.1) is 10.4 Å². The van der Waals surface area contributed by atoms with Crippen molar-refractivity contribution in [3.05, 3.63) is 0 Å². The molecular weight excluding hydrogens is 208 g/mol. The van der Waals surface area contributed by atoms with Gasteiger partial charge in [-0.3, -0.25) is 4.79 Å². The maximum Gasteiger partial charge on any atom is 0.235 e. The van der Waals surface area contributed by atoms with Gasteiger partial charge in [-0.1, -0.05) is 37.9 Å². The molecule has 0 atom stereocenters. The lowest BCUT2D eigenvalue weighted by Crippen LogP contribution is -2.48. The van der Waals surface area contributed by atoms with Crippen LogP contribution < -0.4 is 5.73 Å². The van der Waals surface area contributed by atoms with E-state index in [9.17, 15) is 4.79 Å². The molecule has 0 unspecified atom stereocenters. The van der Waals surface area contributed by atoms with E-state index in [2.05, 4.69) is 0 Å². The summed E-state index contributed by atoms with van der Waals surface area (Å²) in [6, 6.07) is 0. The molecule has 0 aromatic heterocycles. The minimum absolute atomic E-state index is 0.0805. The van der Waals surface area contributed by atoms with Crippen molar-refractivity contribution in [3.8, 4) is 0 Å². The van der Waals surface area contributed by atoms with Crippen LogP contribution in [0.25, 0.3) is 0 Å². The van der Waals surface area contributed by atoms with Crippen molar-refractivity contribution in [1.82, 2.24) is 4.90 Å². The first-order valence-corrected chi connectivity index (χ1v) is 5.93. The maximum atomic E-state index is 12.2. The molecule has 1 saturated carbocycles. The first kappa shape index (κ1) is 12.4. The predicted molar refractivity (Wildman–Crippen MR) is 65.6 cm³/mol. The topological polar surface area (TPSA) is 46.3 Å². The number of hydrogen-bond donors (Lipinski definition) is 1. The quantitative estimate of drug-likeness (QED) is 0.578. The summed E-state index contributed by atoms with van der Waals surface area (Å²) >= 11 is 5.11. The van der Waals surface area contributed by atoms with Gasteiger partial charge >= 0.3 is 0 Å². The Morgan fingerprint density at radius 3 is 2.00 bits per heavy atom. The number of carbonyl (C=O) groups excluding carboxylic acids is 1. The van der Waals surface area contributed by atoms with Gasteiger partial charge in [0.15, 0.2) is 0 Å². The highest BCUT2D eigenvalue weighted by Gasteiger charge is 2.42. The normalized spacial score (nSPS) is 20.4. The standard InChI is InChI=1S/C11H20N2OS/c1-13(2)10(14)11(9(12)15)7-5-3-4-6-8-11/h3-8H2,1-2H3,(H2,12,15). The van der Waals surface area contributed by atoms with E-state index in [1.807, 2.05) is 0 Å². The van der Waals surface area contributed by atoms with Crippen LogP contribution in [0.3, 0.4) is 0 Å². The fourth-order valence-electron chi connectivity index (χ4n) is 2.33. The van der Waals surface area contributed by atoms with Crippen molar-refractivity contribution >= 4 is 23.1 Å². The molecule has 4 heteroatoms. The Bertz CT molecular complexity index is 255. The van der Waals surface area contributed by atoms with Crippen LogP contribution in [0.1, 0.15) is 38.5 Å². The molecule has 1 amide bonds. The van der Waals surface area contributed by atoms with Crippen molar-refractivity contribution in [2.75, 3.05) is 14.1 Å². The molecule has 0 radical (unpaired) electrons. The summed E-state index contributed by atoms with van der Waals surface area (Å²) in [6.45, 7) is 0. The fraction of sp³-hybridized carbons (Fsp3) is 0.818. The molecule has 1 fully saturated rings. The number of nitrogens with two attached hydrogens (primary N) is 1. The van der Waals surface area contributed by atoms with Crippen LogP contribution in [0.5, 0.6) is 0 Å². The minimum Gasteiger partial charge on any atom is -0.392 e. The van der Waals surface area contributed by atoms with E-state index in [-0.39, 0.29) is 5.91 Å². The fourth-order valence-corrected chi connectivity index (χ4v) is 2.62. The third kappa shape index (κ3) is 2.48. The van der Waals surface area contributed by atoms with Crippen molar-refractivity contribution in [2.45, 2.75) is 38.5 Å². The van der Waals surface area contributed by atoms with Crippen LogP contribution >= 0.6 is 12.2 Å². The van der Waals surface area contributed by atoms with Gasteiger partial charge in [0.25, 0.3) is 0 Å². The Balaban J connectivity index is 2.95. The molecule has 3 nitrogen and oxygen atoms in total. The third-order valence-electron chi connectivity index (χ3n) is 3.24. The summed E-state index contributed by atoms with van der Waals surface area (Å²) in [5, 5.41) is 0. The Hall–Kier alpha value is -0.640. The number of carbonyl (C=O) groups is 1. The zero-order valence-corrected chi connectivity index (χ0v) is 10.4. The zero-order valence-electron chi connectivity index (χ0n) is 9.58. The SMILES string of the molecule is CN(C)C(=O)C1(C(N)=S)CCCCCC1. The van der Waals surface area contributed by atoms with Gasteiger partial charge in [-0.05, 0) is 12.8 Å². The smallest absolute Gasteiger partial charge is 0.235 e. The second-order valence-electron chi connectivity index (χ2n) is 4.56. The molecule has 0 saturated heterocycles. The molecule has 1 aliphatic carbocycles. The number of amides is 1. The van der Waals surface area contributed by atoms with Crippen molar-refractivity contribution in [2.24, 2.45) is 11.1 Å². The predicted octanol–water partition coefficient (Wildman–Crippen LogP) is 1.70. The van der Waals surface area contributed by atoms with Crippen LogP contribution in [0, 0.1) is 5.41 Å². The molecule has 0 heterocycles. The van der Waals surface area contributed by atoms with Gasteiger partial charge in [-0.25, -0.2) is 0 Å². The number of nitrogens with zero attached hydrogens (tertiary/aromatic N) is 1. The molecule has 0 spiro atoms. The van der Waals surface area contributed by atoms with Gasteiger partial charge < -0.3 is 10.6 Å². The monoisotopic (exact) mass is 228 g/mol. The average molecular weight is 228 g/mol. The molecule has 15 heavy (non-hydrogen) atoms. The first-order valence-electron chi connectivity index (χ1n) is 5.52. The largest absolute Gasteiger partial charge is 0.392 e. The van der Waals surface area contributed by atoms with E-state index in [1.165, 1.54) is 12.8 Å². The second kappa shape index (κ2) is 4.92. The second-order valence-corrected chi connectivity index (χ2v) is 5.00. The van der Waals surface area contributed by atoms with E-state index in [1.54, 1.807) is 19.0 Å². The zero-order chi connectivity index (χ0) is 11.5. The highest BCUT2D eigenvalue weighted by molar-refractivity contribution is 7.80. The summed E-state index contributed by atoms with van der Waals surface area (Å²) in [5.74, 6) is 0.0805. The third-order valence-corrected chi connectivity index (χ3v) is 3.64. The van der Waals surface area contributed by atoms with E-state index in [4.69, 9.17) is 18.0 Å². The summed E-state index contributed by atoms with van der Waals surface area (Å²) in [7, 11) is 3.54. The van der Waals surface area contributed by atoms with E-state index < -0.39 is 5.41 Å². The van der Waals surface area contributed by atoms with Crippen molar-refractivity contribution < 1.29 is 4.79 Å². The molecule has 0 aliphatic heterocycles. The highest BCUT2D eigenvalue weighted by Crippen LogP contribution is 2.36. The summed E-state index contributed by atoms with van der Waals surface area (Å²) in [6.07, 6.45) is 6.11. The van der Waals surface area contributed by atoms with Crippen LogP contribution in [0.15, 0.2) is 0 Å². The Labute approximate surface area is 97.0 Å². The van der Waals surface area contributed by atoms with Gasteiger partial charge in [0.1, 0.15) is 0 Å². The Morgan fingerprint density at radius 1 is 1.20 bits per heavy atom. The van der Waals surface area contributed by atoms with Crippen LogP contribution in [0.4, 0.5) is 0 Å². The Kier molecular flexibility index (Phi) is 4.08. The van der Waals surface area contributed by atoms with Gasteiger partial charge in [0.2, 0.25) is 5.91 Å². The van der Waals surface area contributed by atoms with Crippen molar-refractivity contribution in [1.29, 1.82) is 0 Å². The van der Waals surface area contributed by atoms with Crippen LogP contribution in [0.2, 0.25) is 0 Å². The molecule has 2 N–H and O–H groups in total. The summed E-state index contributed by atoms with van der Waals surface area (Å²) in [5.41, 5.74) is 5.23. The Morgan fingerprint density at radius 2 is 1.67 bits per heavy atom. The molecule has 86 valence electrons. The average Bonchev–Trinajstić information content (AvgIpc) is 2.42. The maximum absolute atomic E-state index is 12.2. The molecule has 1 aliphatic rings. The van der Waals surface area contributed by atoms with Gasteiger partial charge in [-0.2, -0.15) is 0 Å². The number of thiocarbonyl (C=S) groups is 1. The summed E-state index contributed by atoms with van der Waals surface area (Å²) in [4.78, 5) is 14.2. The van der Waals surface area contributed by atoms with Gasteiger partial charge in [-0.15, -0.1) is 0 Å². The van der Waals surface area contributed by atoms with E-state index in [0.29, 0.717) is 4.99 Å². The minimum atomic E-state index is -0.560. The lowest BCUT2D eigenvalue weighted by molar-refractivity contribution is -0.136. The lowest BCUT2D eigenvalue weighted by Gasteiger charge is -2.32. The highest BCUT2D eigenvalue weighted by atomic mass is 32.1. The molecule has 0 aromatic rings. The number of hydrogen-bond acceptors (Lipinski definition) is 2. The molecule has 0 bridgehead atoms. The lowest BCUT2D eigenvalue weighted by atomic mass is 9.79. The summed E-state index contributed by atoms with van der Waals surface area (Å²) < 4.78 is 0. The van der Waals surface area contributed by atoms with Crippen LogP contribution in [-0.4, -0.2) is 29.9 Å². The molecule has 0 aromatic carbocycles. The van der Waals surface area contributed by atoms with E-state index in [0.717, 1.165) is 25.7 Å². The molecular formula is C11H20N2OS. The van der Waals surface area contributed by atoms with E-state index >= 15 is 0 Å². The van der Waals surface area contributed by atoms with Gasteiger partial charge in [0, 0.05) is 14.1 Å². The van der Waals surface area contributed by atoms with Crippen LogP contribution in [-0.2, 0) is 4.79 Å². The number of rotatable bonds is 2.